The Labute approximate surface area is 150 Å². The van der Waals surface area contributed by atoms with Crippen LogP contribution >= 0.6 is 11.8 Å². The van der Waals surface area contributed by atoms with Crippen LogP contribution < -0.4 is 9.47 Å². The fourth-order valence-corrected chi connectivity index (χ4v) is 3.38. The van der Waals surface area contributed by atoms with Gasteiger partial charge in [-0.25, -0.2) is 0 Å². The molecule has 0 unspecified atom stereocenters. The highest BCUT2D eigenvalue weighted by Crippen LogP contribution is 2.34. The van der Waals surface area contributed by atoms with Gasteiger partial charge in [0.05, 0.1) is 18.1 Å². The van der Waals surface area contributed by atoms with Gasteiger partial charge in [0.15, 0.2) is 6.79 Å². The number of hydrogen-bond acceptors (Lipinski definition) is 6. The molecule has 1 heterocycles. The van der Waals surface area contributed by atoms with Crippen molar-refractivity contribution in [3.8, 4) is 11.5 Å². The molecule has 0 saturated carbocycles. The summed E-state index contributed by atoms with van der Waals surface area (Å²) in [5.41, 5.74) is 2.78. The van der Waals surface area contributed by atoms with Crippen molar-refractivity contribution >= 4 is 17.4 Å². The molecule has 0 N–H and O–H groups in total. The topological polar surface area (TPSA) is 70.8 Å². The van der Waals surface area contributed by atoms with Crippen molar-refractivity contribution < 1.29 is 19.1 Å². The van der Waals surface area contributed by atoms with E-state index in [2.05, 4.69) is 0 Å². The number of non-ortho nitro benzene ring substituents is 1. The van der Waals surface area contributed by atoms with Crippen molar-refractivity contribution in [3.63, 3.8) is 0 Å². The minimum Gasteiger partial charge on any atom is -0.493 e. The SMILES string of the molecule is Cc1cccc(OCCSCc2cc([N+](=O)[O-])cc3c2OCOC3)c1. The van der Waals surface area contributed by atoms with Crippen LogP contribution in [-0.2, 0) is 17.1 Å². The number of nitro groups is 1. The molecule has 0 atom stereocenters. The molecule has 2 aromatic carbocycles. The maximum atomic E-state index is 11.1. The second-order valence-electron chi connectivity index (χ2n) is 5.68. The van der Waals surface area contributed by atoms with E-state index in [4.69, 9.17) is 14.2 Å². The first-order valence-corrected chi connectivity index (χ1v) is 9.07. The molecule has 2 aromatic rings. The highest BCUT2D eigenvalue weighted by atomic mass is 32.2. The van der Waals surface area contributed by atoms with E-state index in [1.54, 1.807) is 17.8 Å². The monoisotopic (exact) mass is 361 g/mol. The van der Waals surface area contributed by atoms with E-state index in [1.807, 2.05) is 31.2 Å². The first-order valence-electron chi connectivity index (χ1n) is 7.91. The summed E-state index contributed by atoms with van der Waals surface area (Å²) in [6.45, 7) is 3.12. The lowest BCUT2D eigenvalue weighted by molar-refractivity contribution is -0.385. The zero-order valence-corrected chi connectivity index (χ0v) is 14.7. The quantitative estimate of drug-likeness (QED) is 0.420. The van der Waals surface area contributed by atoms with E-state index < -0.39 is 0 Å². The van der Waals surface area contributed by atoms with E-state index >= 15 is 0 Å². The summed E-state index contributed by atoms with van der Waals surface area (Å²) in [6, 6.07) is 11.0. The first-order chi connectivity index (χ1) is 12.1. The zero-order valence-electron chi connectivity index (χ0n) is 13.9. The van der Waals surface area contributed by atoms with Crippen molar-refractivity contribution in [2.45, 2.75) is 19.3 Å². The summed E-state index contributed by atoms with van der Waals surface area (Å²) in [7, 11) is 0. The number of nitrogens with zero attached hydrogens (tertiary/aromatic N) is 1. The minimum absolute atomic E-state index is 0.0689. The van der Waals surface area contributed by atoms with Crippen LogP contribution in [0.25, 0.3) is 0 Å². The van der Waals surface area contributed by atoms with E-state index in [1.165, 1.54) is 6.07 Å². The minimum atomic E-state index is -0.385. The van der Waals surface area contributed by atoms with Crippen molar-refractivity contribution in [1.29, 1.82) is 0 Å². The lowest BCUT2D eigenvalue weighted by atomic mass is 10.1. The summed E-state index contributed by atoms with van der Waals surface area (Å²) in [6.07, 6.45) is 0. The highest BCUT2D eigenvalue weighted by molar-refractivity contribution is 7.98. The largest absolute Gasteiger partial charge is 0.493 e. The molecule has 0 aliphatic carbocycles. The fraction of sp³-hybridized carbons (Fsp3) is 0.333. The molecular formula is C18H19NO5S. The van der Waals surface area contributed by atoms with E-state index in [0.717, 1.165) is 28.2 Å². The van der Waals surface area contributed by atoms with E-state index in [9.17, 15) is 10.1 Å². The maximum Gasteiger partial charge on any atom is 0.270 e. The Kier molecular flexibility index (Phi) is 5.78. The van der Waals surface area contributed by atoms with Crippen LogP contribution in [0.15, 0.2) is 36.4 Å². The summed E-state index contributed by atoms with van der Waals surface area (Å²) in [4.78, 5) is 10.7. The Morgan fingerprint density at radius 3 is 3.00 bits per heavy atom. The second-order valence-corrected chi connectivity index (χ2v) is 6.78. The lowest BCUT2D eigenvalue weighted by Gasteiger charge is -2.20. The summed E-state index contributed by atoms with van der Waals surface area (Å²) < 4.78 is 16.5. The molecule has 7 heteroatoms. The van der Waals surface area contributed by atoms with Crippen LogP contribution in [0.2, 0.25) is 0 Å². The van der Waals surface area contributed by atoms with Gasteiger partial charge in [-0.1, -0.05) is 12.1 Å². The van der Waals surface area contributed by atoms with Crippen LogP contribution in [0, 0.1) is 17.0 Å². The Bertz CT molecular complexity index is 765. The Balaban J connectivity index is 1.57. The number of thioether (sulfide) groups is 1. The standard InChI is InChI=1S/C18H19NO5S/c1-13-3-2-4-17(7-13)23-5-6-25-11-15-9-16(19(20)21)8-14-10-22-12-24-18(14)15/h2-4,7-9H,5-6,10-12H2,1H3. The van der Waals surface area contributed by atoms with E-state index in [0.29, 0.717) is 24.7 Å². The number of nitro benzene ring substituents is 1. The zero-order chi connectivity index (χ0) is 17.6. The molecule has 0 spiro atoms. The van der Waals surface area contributed by atoms with Crippen LogP contribution in [-0.4, -0.2) is 24.1 Å². The number of hydrogen-bond donors (Lipinski definition) is 0. The molecule has 0 radical (unpaired) electrons. The molecule has 1 aliphatic heterocycles. The molecule has 3 rings (SSSR count). The van der Waals surface area contributed by atoms with Crippen molar-refractivity contribution in [1.82, 2.24) is 0 Å². The number of benzene rings is 2. The summed E-state index contributed by atoms with van der Waals surface area (Å²) >= 11 is 1.65. The fourth-order valence-electron chi connectivity index (χ4n) is 2.60. The summed E-state index contributed by atoms with van der Waals surface area (Å²) in [5, 5.41) is 11.1. The molecule has 25 heavy (non-hydrogen) atoms. The van der Waals surface area contributed by atoms with Crippen LogP contribution in [0.5, 0.6) is 11.5 Å². The molecule has 0 saturated heterocycles. The van der Waals surface area contributed by atoms with E-state index in [-0.39, 0.29) is 17.4 Å². The van der Waals surface area contributed by atoms with Gasteiger partial charge in [-0.05, 0) is 24.6 Å². The summed E-state index contributed by atoms with van der Waals surface area (Å²) in [5.74, 6) is 2.97. The molecule has 0 fully saturated rings. The number of fused-ring (bicyclic) bond motifs is 1. The predicted molar refractivity (Wildman–Crippen MR) is 96.2 cm³/mol. The third-order valence-corrected chi connectivity index (χ3v) is 4.70. The van der Waals surface area contributed by atoms with Gasteiger partial charge in [0.25, 0.3) is 5.69 Å². The van der Waals surface area contributed by atoms with Gasteiger partial charge >= 0.3 is 0 Å². The molecule has 1 aliphatic rings. The van der Waals surface area contributed by atoms with Gasteiger partial charge < -0.3 is 14.2 Å². The predicted octanol–water partition coefficient (Wildman–Crippen LogP) is 4.08. The van der Waals surface area contributed by atoms with Crippen molar-refractivity contribution in [3.05, 3.63) is 63.2 Å². The molecule has 0 aromatic heterocycles. The average molecular weight is 361 g/mol. The normalized spacial score (nSPS) is 13.0. The highest BCUT2D eigenvalue weighted by Gasteiger charge is 2.20. The van der Waals surface area contributed by atoms with Gasteiger partial charge in [0.2, 0.25) is 0 Å². The first kappa shape index (κ1) is 17.6. The third kappa shape index (κ3) is 4.64. The number of rotatable bonds is 7. The van der Waals surface area contributed by atoms with Gasteiger partial charge in [0.1, 0.15) is 11.5 Å². The molecule has 6 nitrogen and oxygen atoms in total. The maximum absolute atomic E-state index is 11.1. The van der Waals surface area contributed by atoms with Gasteiger partial charge in [-0.15, -0.1) is 0 Å². The smallest absolute Gasteiger partial charge is 0.270 e. The third-order valence-electron chi connectivity index (χ3n) is 3.73. The Morgan fingerprint density at radius 2 is 2.20 bits per heavy atom. The molecule has 0 bridgehead atoms. The van der Waals surface area contributed by atoms with Crippen molar-refractivity contribution in [2.24, 2.45) is 0 Å². The van der Waals surface area contributed by atoms with Crippen LogP contribution in [0.1, 0.15) is 16.7 Å². The van der Waals surface area contributed by atoms with Crippen LogP contribution in [0.4, 0.5) is 5.69 Å². The molecule has 0 amide bonds. The average Bonchev–Trinajstić information content (AvgIpc) is 2.61. The second kappa shape index (κ2) is 8.22. The lowest BCUT2D eigenvalue weighted by Crippen LogP contribution is -2.13. The van der Waals surface area contributed by atoms with Gasteiger partial charge in [0, 0.05) is 34.8 Å². The number of ether oxygens (including phenoxy) is 3. The number of aryl methyl sites for hydroxylation is 1. The Hall–Kier alpha value is -2.25. The molecular weight excluding hydrogens is 342 g/mol. The van der Waals surface area contributed by atoms with Gasteiger partial charge in [-0.3, -0.25) is 10.1 Å². The van der Waals surface area contributed by atoms with Crippen LogP contribution in [0.3, 0.4) is 0 Å². The van der Waals surface area contributed by atoms with Crippen molar-refractivity contribution in [2.75, 3.05) is 19.2 Å². The molecule has 132 valence electrons. The van der Waals surface area contributed by atoms with Gasteiger partial charge in [-0.2, -0.15) is 11.8 Å². The Morgan fingerprint density at radius 1 is 1.32 bits per heavy atom.